The van der Waals surface area contributed by atoms with E-state index in [-0.39, 0.29) is 5.78 Å². The molecule has 0 bridgehead atoms. The van der Waals surface area contributed by atoms with Crippen molar-refractivity contribution in [3.63, 3.8) is 0 Å². The van der Waals surface area contributed by atoms with E-state index >= 15 is 0 Å². The first-order chi connectivity index (χ1) is 7.58. The van der Waals surface area contributed by atoms with Gasteiger partial charge in [-0.05, 0) is 23.8 Å². The van der Waals surface area contributed by atoms with E-state index in [4.69, 9.17) is 11.6 Å². The molecule has 0 aromatic heterocycles. The molecule has 84 valence electrons. The number of rotatable bonds is 4. The Hall–Kier alpha value is -1.54. The molecular formula is C13H14ClNO. The van der Waals surface area contributed by atoms with Crippen molar-refractivity contribution in [2.24, 2.45) is 0 Å². The van der Waals surface area contributed by atoms with Gasteiger partial charge in [-0.1, -0.05) is 29.8 Å². The van der Waals surface area contributed by atoms with Gasteiger partial charge in [-0.3, -0.25) is 4.79 Å². The van der Waals surface area contributed by atoms with Crippen molar-refractivity contribution >= 4 is 23.5 Å². The third kappa shape index (κ3) is 4.80. The molecule has 3 heteroatoms. The molecule has 0 saturated carbocycles. The number of nitrogens with zero attached hydrogens (tertiary/aromatic N) is 1. The summed E-state index contributed by atoms with van der Waals surface area (Å²) < 4.78 is 0. The maximum atomic E-state index is 11.4. The van der Waals surface area contributed by atoms with Crippen molar-refractivity contribution in [1.29, 1.82) is 0 Å². The first-order valence-electron chi connectivity index (χ1n) is 4.90. The topological polar surface area (TPSA) is 20.3 Å². The fourth-order valence-corrected chi connectivity index (χ4v) is 1.16. The maximum Gasteiger partial charge on any atom is 0.180 e. The summed E-state index contributed by atoms with van der Waals surface area (Å²) in [5, 5.41) is 0.691. The van der Waals surface area contributed by atoms with Gasteiger partial charge in [-0.25, -0.2) is 0 Å². The first-order valence-corrected chi connectivity index (χ1v) is 5.28. The minimum atomic E-state index is -0.0383. The van der Waals surface area contributed by atoms with Crippen molar-refractivity contribution in [2.45, 2.75) is 0 Å². The normalized spacial score (nSPS) is 11.2. The molecule has 0 heterocycles. The van der Waals surface area contributed by atoms with Gasteiger partial charge in [0, 0.05) is 31.4 Å². The van der Waals surface area contributed by atoms with Gasteiger partial charge in [0.1, 0.15) is 0 Å². The van der Waals surface area contributed by atoms with E-state index in [1.165, 1.54) is 12.2 Å². The van der Waals surface area contributed by atoms with E-state index in [0.717, 1.165) is 5.56 Å². The second-order valence-electron chi connectivity index (χ2n) is 3.57. The number of ketones is 1. The molecule has 0 amide bonds. The van der Waals surface area contributed by atoms with Gasteiger partial charge in [0.15, 0.2) is 5.78 Å². The minimum absolute atomic E-state index is 0.0383. The molecule has 2 nitrogen and oxygen atoms in total. The Balaban J connectivity index is 2.60. The molecule has 0 aliphatic rings. The standard InChI is InChI=1S/C13H14ClNO/c1-15(2)10-9-13(16)8-5-11-3-6-12(14)7-4-11/h3-10H,1-2H3/b8-5+,10-9+. The second kappa shape index (κ2) is 6.13. The van der Waals surface area contributed by atoms with E-state index in [0.29, 0.717) is 5.02 Å². The summed E-state index contributed by atoms with van der Waals surface area (Å²) in [6, 6.07) is 7.31. The number of hydrogen-bond acceptors (Lipinski definition) is 2. The van der Waals surface area contributed by atoms with Crippen molar-refractivity contribution in [2.75, 3.05) is 14.1 Å². The van der Waals surface area contributed by atoms with Crippen LogP contribution in [0.25, 0.3) is 6.08 Å². The SMILES string of the molecule is CN(C)/C=C/C(=O)/C=C/c1ccc(Cl)cc1. The van der Waals surface area contributed by atoms with Crippen LogP contribution in [0, 0.1) is 0 Å². The highest BCUT2D eigenvalue weighted by Crippen LogP contribution is 2.10. The number of carbonyl (C=O) groups is 1. The van der Waals surface area contributed by atoms with E-state index < -0.39 is 0 Å². The molecule has 1 aromatic carbocycles. The molecule has 0 radical (unpaired) electrons. The molecule has 0 fully saturated rings. The molecule has 0 N–H and O–H groups in total. The molecule has 0 saturated heterocycles. The van der Waals surface area contributed by atoms with Crippen LogP contribution in [0.2, 0.25) is 5.02 Å². The lowest BCUT2D eigenvalue weighted by Gasteiger charge is -2.01. The number of allylic oxidation sites excluding steroid dienone is 2. The number of benzene rings is 1. The lowest BCUT2D eigenvalue weighted by Crippen LogP contribution is -2.01. The Morgan fingerprint density at radius 3 is 2.38 bits per heavy atom. The van der Waals surface area contributed by atoms with Crippen LogP contribution in [0.1, 0.15) is 5.56 Å². The highest BCUT2D eigenvalue weighted by molar-refractivity contribution is 6.30. The third-order valence-corrected chi connectivity index (χ3v) is 2.10. The quantitative estimate of drug-likeness (QED) is 0.748. The van der Waals surface area contributed by atoms with Crippen molar-refractivity contribution in [3.05, 3.63) is 53.2 Å². The number of carbonyl (C=O) groups excluding carboxylic acids is 1. The highest BCUT2D eigenvalue weighted by Gasteiger charge is 1.91. The molecule has 0 aliphatic carbocycles. The van der Waals surface area contributed by atoms with Crippen LogP contribution >= 0.6 is 11.6 Å². The Kier molecular flexibility index (Phi) is 4.80. The van der Waals surface area contributed by atoms with Gasteiger partial charge < -0.3 is 4.90 Å². The molecule has 1 aromatic rings. The van der Waals surface area contributed by atoms with Gasteiger partial charge in [0.25, 0.3) is 0 Å². The Labute approximate surface area is 101 Å². The number of halogens is 1. The van der Waals surface area contributed by atoms with Crippen LogP contribution in [0.15, 0.2) is 42.6 Å². The molecule has 0 atom stereocenters. The van der Waals surface area contributed by atoms with Crippen molar-refractivity contribution in [1.82, 2.24) is 4.90 Å². The van der Waals surface area contributed by atoms with E-state index in [2.05, 4.69) is 0 Å². The summed E-state index contributed by atoms with van der Waals surface area (Å²) in [5.74, 6) is -0.0383. The van der Waals surface area contributed by atoms with Gasteiger partial charge in [0.05, 0.1) is 0 Å². The first kappa shape index (κ1) is 12.5. The fourth-order valence-electron chi connectivity index (χ4n) is 1.03. The van der Waals surface area contributed by atoms with Gasteiger partial charge in [-0.15, -0.1) is 0 Å². The largest absolute Gasteiger partial charge is 0.383 e. The van der Waals surface area contributed by atoms with E-state index in [9.17, 15) is 4.79 Å². The van der Waals surface area contributed by atoms with E-state index in [1.807, 2.05) is 31.1 Å². The molecule has 0 aliphatic heterocycles. The average molecular weight is 236 g/mol. The predicted octanol–water partition coefficient (Wildman–Crippen LogP) is 3.00. The molecule has 16 heavy (non-hydrogen) atoms. The van der Waals surface area contributed by atoms with Crippen LogP contribution < -0.4 is 0 Å². The second-order valence-corrected chi connectivity index (χ2v) is 4.00. The van der Waals surface area contributed by atoms with Crippen molar-refractivity contribution < 1.29 is 4.79 Å². The summed E-state index contributed by atoms with van der Waals surface area (Å²) in [7, 11) is 3.74. The smallest absolute Gasteiger partial charge is 0.180 e. The van der Waals surface area contributed by atoms with Crippen LogP contribution in [0.3, 0.4) is 0 Å². The lowest BCUT2D eigenvalue weighted by atomic mass is 10.2. The monoisotopic (exact) mass is 235 g/mol. The lowest BCUT2D eigenvalue weighted by molar-refractivity contribution is -0.110. The summed E-state index contributed by atoms with van der Waals surface area (Å²) in [4.78, 5) is 13.2. The van der Waals surface area contributed by atoms with Crippen LogP contribution in [0.4, 0.5) is 0 Å². The summed E-state index contributed by atoms with van der Waals surface area (Å²) in [6.07, 6.45) is 6.53. The van der Waals surface area contributed by atoms with Gasteiger partial charge in [0.2, 0.25) is 0 Å². The summed E-state index contributed by atoms with van der Waals surface area (Å²) >= 11 is 5.75. The summed E-state index contributed by atoms with van der Waals surface area (Å²) in [5.41, 5.74) is 0.955. The van der Waals surface area contributed by atoms with E-state index in [1.54, 1.807) is 24.4 Å². The van der Waals surface area contributed by atoms with Crippen LogP contribution in [0.5, 0.6) is 0 Å². The predicted molar refractivity (Wildman–Crippen MR) is 68.3 cm³/mol. The highest BCUT2D eigenvalue weighted by atomic mass is 35.5. The van der Waals surface area contributed by atoms with Crippen LogP contribution in [-0.4, -0.2) is 24.8 Å². The van der Waals surface area contributed by atoms with Gasteiger partial charge >= 0.3 is 0 Å². The zero-order valence-corrected chi connectivity index (χ0v) is 10.1. The Morgan fingerprint density at radius 2 is 1.81 bits per heavy atom. The molecule has 1 rings (SSSR count). The molecular weight excluding hydrogens is 222 g/mol. The Morgan fingerprint density at radius 1 is 1.19 bits per heavy atom. The molecule has 0 unspecified atom stereocenters. The zero-order valence-electron chi connectivity index (χ0n) is 9.35. The van der Waals surface area contributed by atoms with Crippen LogP contribution in [-0.2, 0) is 4.79 Å². The van der Waals surface area contributed by atoms with Gasteiger partial charge in [-0.2, -0.15) is 0 Å². The Bertz CT molecular complexity index is 404. The maximum absolute atomic E-state index is 11.4. The number of hydrogen-bond donors (Lipinski definition) is 0. The molecule has 0 spiro atoms. The zero-order chi connectivity index (χ0) is 12.0. The third-order valence-electron chi connectivity index (χ3n) is 1.85. The minimum Gasteiger partial charge on any atom is -0.383 e. The average Bonchev–Trinajstić information content (AvgIpc) is 2.25. The van der Waals surface area contributed by atoms with Crippen molar-refractivity contribution in [3.8, 4) is 0 Å². The summed E-state index contributed by atoms with van der Waals surface area (Å²) in [6.45, 7) is 0. The fraction of sp³-hybridized carbons (Fsp3) is 0.154.